The molecule has 0 aliphatic heterocycles. The first-order chi connectivity index (χ1) is 13.6. The molecule has 0 aromatic heterocycles. The van der Waals surface area contributed by atoms with E-state index >= 15 is 0 Å². The number of methoxy groups -OCH3 is 1. The molecule has 0 radical (unpaired) electrons. The molecule has 0 atom stereocenters. The monoisotopic (exact) mass is 408 g/mol. The number of benzene rings is 2. The Morgan fingerprint density at radius 2 is 1.24 bits per heavy atom. The van der Waals surface area contributed by atoms with Gasteiger partial charge in [-0.2, -0.15) is 0 Å². The summed E-state index contributed by atoms with van der Waals surface area (Å²) in [5, 5.41) is 36.3. The summed E-state index contributed by atoms with van der Waals surface area (Å²) in [6.07, 6.45) is 0. The van der Waals surface area contributed by atoms with Gasteiger partial charge in [-0.3, -0.25) is 20.2 Å². The van der Waals surface area contributed by atoms with E-state index in [4.69, 9.17) is 10.2 Å². The van der Waals surface area contributed by atoms with Crippen LogP contribution in [0.5, 0.6) is 0 Å². The molecule has 2 rings (SSSR count). The molecule has 0 saturated heterocycles. The van der Waals surface area contributed by atoms with Crippen LogP contribution < -0.4 is 0 Å². The van der Waals surface area contributed by atoms with E-state index in [2.05, 4.69) is 4.74 Å². The van der Waals surface area contributed by atoms with Gasteiger partial charge < -0.3 is 14.9 Å². The zero-order valence-electron chi connectivity index (χ0n) is 16.1. The smallest absolute Gasteiger partial charge is 0.338 e. The Morgan fingerprint density at radius 1 is 0.862 bits per heavy atom. The lowest BCUT2D eigenvalue weighted by Gasteiger charge is -2.02. The van der Waals surface area contributed by atoms with Crippen molar-refractivity contribution in [2.75, 3.05) is 14.2 Å². The second kappa shape index (κ2) is 11.8. The van der Waals surface area contributed by atoms with E-state index in [0.717, 1.165) is 7.11 Å². The second-order valence-electron chi connectivity index (χ2n) is 5.31. The standard InChI is InChI=1S/C9H9NO4.C8H7NO4.CH4O/c1-6-5-7(10(12)13)3-4-8(6)9(11)14-2;1-5-4-6(9(12)13)2-3-7(5)8(10)11;1-2/h3-5H,1-2H3;2-4H,1H3,(H,10,11);2H,1H3. The quantitative estimate of drug-likeness (QED) is 0.438. The lowest BCUT2D eigenvalue weighted by molar-refractivity contribution is -0.385. The number of esters is 1. The molecule has 2 aromatic rings. The van der Waals surface area contributed by atoms with Crippen LogP contribution in [0, 0.1) is 34.1 Å². The third-order valence-corrected chi connectivity index (χ3v) is 3.48. The highest BCUT2D eigenvalue weighted by Gasteiger charge is 2.13. The fraction of sp³-hybridized carbons (Fsp3) is 0.222. The molecular weight excluding hydrogens is 388 g/mol. The largest absolute Gasteiger partial charge is 0.478 e. The van der Waals surface area contributed by atoms with Crippen LogP contribution >= 0.6 is 0 Å². The first-order valence-electron chi connectivity index (χ1n) is 7.85. The summed E-state index contributed by atoms with van der Waals surface area (Å²) in [6.45, 7) is 3.15. The molecule has 0 aliphatic rings. The number of carboxylic acids is 1. The summed E-state index contributed by atoms with van der Waals surface area (Å²) in [6, 6.07) is 7.65. The highest BCUT2D eigenvalue weighted by atomic mass is 16.6. The van der Waals surface area contributed by atoms with Crippen LogP contribution in [0.4, 0.5) is 11.4 Å². The number of rotatable bonds is 4. The van der Waals surface area contributed by atoms with E-state index in [9.17, 15) is 29.8 Å². The summed E-state index contributed by atoms with van der Waals surface area (Å²) in [5.74, 6) is -1.57. The molecule has 0 heterocycles. The van der Waals surface area contributed by atoms with Gasteiger partial charge in [0.1, 0.15) is 0 Å². The molecule has 2 N–H and O–H groups in total. The Bertz CT molecular complexity index is 910. The van der Waals surface area contributed by atoms with Crippen LogP contribution in [-0.4, -0.2) is 46.2 Å². The molecule has 0 aliphatic carbocycles. The van der Waals surface area contributed by atoms with Gasteiger partial charge in [-0.25, -0.2) is 9.59 Å². The number of carbonyl (C=O) groups is 2. The number of non-ortho nitro benzene ring substituents is 2. The Hall–Kier alpha value is -3.86. The normalized spacial score (nSPS) is 9.14. The van der Waals surface area contributed by atoms with E-state index in [1.165, 1.54) is 50.4 Å². The average Bonchev–Trinajstić information content (AvgIpc) is 2.68. The van der Waals surface area contributed by atoms with Gasteiger partial charge in [0.25, 0.3) is 11.4 Å². The van der Waals surface area contributed by atoms with Crippen LogP contribution in [0.1, 0.15) is 31.8 Å². The number of hydrogen-bond acceptors (Lipinski definition) is 8. The Kier molecular flexibility index (Phi) is 10.2. The maximum absolute atomic E-state index is 11.1. The van der Waals surface area contributed by atoms with Crippen molar-refractivity contribution in [2.45, 2.75) is 13.8 Å². The van der Waals surface area contributed by atoms with Crippen LogP contribution in [-0.2, 0) is 4.74 Å². The predicted molar refractivity (Wildman–Crippen MR) is 102 cm³/mol. The molecule has 0 saturated carbocycles. The number of carboxylic acid groups (broad SMARTS) is 1. The molecule has 2 aromatic carbocycles. The summed E-state index contributed by atoms with van der Waals surface area (Å²) in [5.41, 5.74) is 1.23. The average molecular weight is 408 g/mol. The highest BCUT2D eigenvalue weighted by molar-refractivity contribution is 5.91. The fourth-order valence-electron chi connectivity index (χ4n) is 2.10. The van der Waals surface area contributed by atoms with Gasteiger partial charge in [0, 0.05) is 31.4 Å². The van der Waals surface area contributed by atoms with Crippen LogP contribution in [0.3, 0.4) is 0 Å². The van der Waals surface area contributed by atoms with Gasteiger partial charge in [0.15, 0.2) is 0 Å². The summed E-state index contributed by atoms with van der Waals surface area (Å²) in [4.78, 5) is 41.3. The molecule has 11 heteroatoms. The van der Waals surface area contributed by atoms with Gasteiger partial charge in [-0.15, -0.1) is 0 Å². The van der Waals surface area contributed by atoms with Crippen molar-refractivity contribution < 1.29 is 34.4 Å². The van der Waals surface area contributed by atoms with Crippen molar-refractivity contribution in [1.29, 1.82) is 0 Å². The molecule has 0 spiro atoms. The number of nitro benzene ring substituents is 2. The Balaban J connectivity index is 0.000000499. The maximum atomic E-state index is 11.1. The van der Waals surface area contributed by atoms with Crippen LogP contribution in [0.25, 0.3) is 0 Å². The summed E-state index contributed by atoms with van der Waals surface area (Å²) < 4.78 is 4.51. The van der Waals surface area contributed by atoms with E-state index in [0.29, 0.717) is 16.7 Å². The number of aliphatic hydroxyl groups is 1. The molecule has 156 valence electrons. The predicted octanol–water partition coefficient (Wildman–Crippen LogP) is 2.90. The lowest BCUT2D eigenvalue weighted by atomic mass is 10.1. The first-order valence-corrected chi connectivity index (χ1v) is 7.85. The van der Waals surface area contributed by atoms with Crippen molar-refractivity contribution in [3.63, 3.8) is 0 Å². The lowest BCUT2D eigenvalue weighted by Crippen LogP contribution is -2.04. The van der Waals surface area contributed by atoms with Crippen molar-refractivity contribution in [2.24, 2.45) is 0 Å². The third-order valence-electron chi connectivity index (χ3n) is 3.48. The van der Waals surface area contributed by atoms with Crippen molar-refractivity contribution >= 4 is 23.3 Å². The Morgan fingerprint density at radius 3 is 1.52 bits per heavy atom. The zero-order valence-corrected chi connectivity index (χ0v) is 16.1. The minimum atomic E-state index is -1.08. The number of nitrogens with zero attached hydrogens (tertiary/aromatic N) is 2. The number of ether oxygens (including phenoxy) is 1. The molecule has 0 amide bonds. The van der Waals surface area contributed by atoms with Gasteiger partial charge in [-0.1, -0.05) is 0 Å². The molecule has 11 nitrogen and oxygen atoms in total. The molecule has 29 heavy (non-hydrogen) atoms. The third kappa shape index (κ3) is 7.34. The van der Waals surface area contributed by atoms with Crippen molar-refractivity contribution in [3.05, 3.63) is 78.9 Å². The second-order valence-corrected chi connectivity index (χ2v) is 5.31. The minimum Gasteiger partial charge on any atom is -0.478 e. The van der Waals surface area contributed by atoms with Gasteiger partial charge in [0.05, 0.1) is 28.1 Å². The highest BCUT2D eigenvalue weighted by Crippen LogP contribution is 2.18. The van der Waals surface area contributed by atoms with Gasteiger partial charge >= 0.3 is 11.9 Å². The number of hydrogen-bond donors (Lipinski definition) is 2. The number of aromatic carboxylic acids is 1. The van der Waals surface area contributed by atoms with Gasteiger partial charge in [-0.05, 0) is 37.1 Å². The minimum absolute atomic E-state index is 0.0323. The maximum Gasteiger partial charge on any atom is 0.338 e. The zero-order chi connectivity index (χ0) is 22.7. The SMILES string of the molecule is CO.COC(=O)c1ccc([N+](=O)[O-])cc1C.Cc1cc([N+](=O)[O-])ccc1C(=O)O. The van der Waals surface area contributed by atoms with Gasteiger partial charge in [0.2, 0.25) is 0 Å². The number of nitro groups is 2. The van der Waals surface area contributed by atoms with Crippen molar-refractivity contribution in [1.82, 2.24) is 0 Å². The topological polar surface area (TPSA) is 170 Å². The molecule has 0 bridgehead atoms. The van der Waals surface area contributed by atoms with E-state index in [-0.39, 0.29) is 16.9 Å². The van der Waals surface area contributed by atoms with E-state index in [1.54, 1.807) is 6.92 Å². The van der Waals surface area contributed by atoms with E-state index in [1.807, 2.05) is 0 Å². The first kappa shape index (κ1) is 25.1. The van der Waals surface area contributed by atoms with Crippen LogP contribution in [0.2, 0.25) is 0 Å². The Labute approximate surface area is 165 Å². The number of carbonyl (C=O) groups excluding carboxylic acids is 1. The fourth-order valence-corrected chi connectivity index (χ4v) is 2.10. The summed E-state index contributed by atoms with van der Waals surface area (Å²) in [7, 11) is 2.27. The summed E-state index contributed by atoms with van der Waals surface area (Å²) >= 11 is 0. The molecule has 0 unspecified atom stereocenters. The molecular formula is C18H20N2O9. The van der Waals surface area contributed by atoms with Crippen molar-refractivity contribution in [3.8, 4) is 0 Å². The van der Waals surface area contributed by atoms with Crippen LogP contribution in [0.15, 0.2) is 36.4 Å². The van der Waals surface area contributed by atoms with E-state index < -0.39 is 21.8 Å². The number of aliphatic hydroxyl groups excluding tert-OH is 1. The molecule has 0 fully saturated rings. The number of aryl methyl sites for hydroxylation is 2.